The van der Waals surface area contributed by atoms with Crippen molar-refractivity contribution in [3.8, 4) is 11.3 Å². The van der Waals surface area contributed by atoms with Gasteiger partial charge in [-0.25, -0.2) is 22.5 Å². The van der Waals surface area contributed by atoms with Crippen LogP contribution in [0, 0.1) is 23.3 Å². The monoisotopic (exact) mass is 352 g/mol. The molecule has 0 radical (unpaired) electrons. The number of hydrogen-bond donors (Lipinski definition) is 1. The molecule has 0 aliphatic heterocycles. The highest BCUT2D eigenvalue weighted by Gasteiger charge is 2.23. The van der Waals surface area contributed by atoms with Crippen LogP contribution in [0.15, 0.2) is 41.8 Å². The molecule has 24 heavy (non-hydrogen) atoms. The van der Waals surface area contributed by atoms with Crippen molar-refractivity contribution in [3.63, 3.8) is 0 Å². The number of carbonyl (C=O) groups excluding carboxylic acids is 1. The van der Waals surface area contributed by atoms with Crippen LogP contribution in [-0.4, -0.2) is 10.9 Å². The smallest absolute Gasteiger partial charge is 0.260 e. The maximum absolute atomic E-state index is 13.6. The average Bonchev–Trinajstić information content (AvgIpc) is 3.05. The molecule has 3 rings (SSSR count). The molecule has 0 bridgehead atoms. The van der Waals surface area contributed by atoms with E-state index in [0.29, 0.717) is 11.8 Å². The third-order valence-electron chi connectivity index (χ3n) is 3.14. The minimum atomic E-state index is -2.04. The summed E-state index contributed by atoms with van der Waals surface area (Å²) in [5.74, 6) is -8.54. The fraction of sp³-hybridized carbons (Fsp3) is 0. The number of amides is 1. The largest absolute Gasteiger partial charge is 0.298 e. The summed E-state index contributed by atoms with van der Waals surface area (Å²) in [6, 6.07) is 9.38. The van der Waals surface area contributed by atoms with Crippen molar-refractivity contribution >= 4 is 22.4 Å². The van der Waals surface area contributed by atoms with E-state index in [1.54, 1.807) is 5.38 Å². The molecule has 0 aliphatic carbocycles. The van der Waals surface area contributed by atoms with Crippen LogP contribution in [-0.2, 0) is 0 Å². The van der Waals surface area contributed by atoms with E-state index in [1.165, 1.54) is 0 Å². The van der Waals surface area contributed by atoms with Gasteiger partial charge in [0.15, 0.2) is 28.4 Å². The van der Waals surface area contributed by atoms with Crippen LogP contribution in [0.5, 0.6) is 0 Å². The van der Waals surface area contributed by atoms with Crippen molar-refractivity contribution in [3.05, 3.63) is 70.6 Å². The first kappa shape index (κ1) is 16.1. The molecule has 0 saturated heterocycles. The lowest BCUT2D eigenvalue weighted by molar-refractivity contribution is 0.102. The quantitative estimate of drug-likeness (QED) is 0.425. The summed E-state index contributed by atoms with van der Waals surface area (Å²) in [6.07, 6.45) is 0. The Labute approximate surface area is 137 Å². The van der Waals surface area contributed by atoms with E-state index in [4.69, 9.17) is 0 Å². The SMILES string of the molecule is O=C(Nc1nc(-c2ccccc2)cs1)c1cc(F)c(F)c(F)c1F. The van der Waals surface area contributed by atoms with Crippen LogP contribution in [0.1, 0.15) is 10.4 Å². The lowest BCUT2D eigenvalue weighted by Gasteiger charge is -2.05. The maximum Gasteiger partial charge on any atom is 0.260 e. The second-order valence-corrected chi connectivity index (χ2v) is 5.56. The minimum absolute atomic E-state index is 0.114. The van der Waals surface area contributed by atoms with Crippen molar-refractivity contribution in [1.82, 2.24) is 4.98 Å². The summed E-state index contributed by atoms with van der Waals surface area (Å²) in [6.45, 7) is 0. The van der Waals surface area contributed by atoms with Gasteiger partial charge < -0.3 is 0 Å². The highest BCUT2D eigenvalue weighted by molar-refractivity contribution is 7.14. The van der Waals surface area contributed by atoms with Crippen LogP contribution in [0.25, 0.3) is 11.3 Å². The van der Waals surface area contributed by atoms with Crippen molar-refractivity contribution in [1.29, 1.82) is 0 Å². The fourth-order valence-corrected chi connectivity index (χ4v) is 2.69. The molecule has 0 aliphatic rings. The molecule has 1 aromatic heterocycles. The van der Waals surface area contributed by atoms with Crippen molar-refractivity contribution in [2.45, 2.75) is 0 Å². The molecular formula is C16H8F4N2OS. The van der Waals surface area contributed by atoms with Crippen LogP contribution >= 0.6 is 11.3 Å². The molecule has 3 nitrogen and oxygen atoms in total. The van der Waals surface area contributed by atoms with E-state index in [-0.39, 0.29) is 5.13 Å². The zero-order valence-corrected chi connectivity index (χ0v) is 12.6. The number of carbonyl (C=O) groups is 1. The topological polar surface area (TPSA) is 42.0 Å². The highest BCUT2D eigenvalue weighted by Crippen LogP contribution is 2.26. The summed E-state index contributed by atoms with van der Waals surface area (Å²) >= 11 is 1.06. The van der Waals surface area contributed by atoms with Crippen LogP contribution in [0.3, 0.4) is 0 Å². The second-order valence-electron chi connectivity index (χ2n) is 4.71. The summed E-state index contributed by atoms with van der Waals surface area (Å²) in [5.41, 5.74) is 0.440. The van der Waals surface area contributed by atoms with Gasteiger partial charge in [0.2, 0.25) is 0 Å². The van der Waals surface area contributed by atoms with Crippen molar-refractivity contribution < 1.29 is 22.4 Å². The Morgan fingerprint density at radius 3 is 2.42 bits per heavy atom. The van der Waals surface area contributed by atoms with Gasteiger partial charge in [-0.2, -0.15) is 0 Å². The van der Waals surface area contributed by atoms with Gasteiger partial charge in [-0.15, -0.1) is 11.3 Å². The number of thiazole rings is 1. The number of anilines is 1. The predicted octanol–water partition coefficient (Wildman–Crippen LogP) is 4.62. The second kappa shape index (κ2) is 6.40. The van der Waals surface area contributed by atoms with Crippen LogP contribution in [0.2, 0.25) is 0 Å². The zero-order chi connectivity index (χ0) is 17.3. The van der Waals surface area contributed by atoms with E-state index >= 15 is 0 Å². The minimum Gasteiger partial charge on any atom is -0.298 e. The predicted molar refractivity (Wildman–Crippen MR) is 81.8 cm³/mol. The molecule has 0 unspecified atom stereocenters. The molecule has 0 spiro atoms. The Morgan fingerprint density at radius 2 is 1.71 bits per heavy atom. The van der Waals surface area contributed by atoms with E-state index in [1.807, 2.05) is 30.3 Å². The van der Waals surface area contributed by atoms with Crippen molar-refractivity contribution in [2.75, 3.05) is 5.32 Å². The Kier molecular flexibility index (Phi) is 4.30. The van der Waals surface area contributed by atoms with Gasteiger partial charge in [-0.1, -0.05) is 30.3 Å². The van der Waals surface area contributed by atoms with Gasteiger partial charge in [0, 0.05) is 10.9 Å². The molecule has 1 heterocycles. The Morgan fingerprint density at radius 1 is 1.00 bits per heavy atom. The normalized spacial score (nSPS) is 10.7. The molecule has 0 fully saturated rings. The molecule has 1 amide bonds. The fourth-order valence-electron chi connectivity index (χ4n) is 1.98. The molecule has 1 N–H and O–H groups in total. The van der Waals surface area contributed by atoms with E-state index in [2.05, 4.69) is 10.3 Å². The summed E-state index contributed by atoms with van der Waals surface area (Å²) < 4.78 is 52.9. The maximum atomic E-state index is 13.6. The number of hydrogen-bond acceptors (Lipinski definition) is 3. The lowest BCUT2D eigenvalue weighted by Crippen LogP contribution is -2.16. The number of rotatable bonds is 3. The van der Waals surface area contributed by atoms with Gasteiger partial charge in [-0.3, -0.25) is 10.1 Å². The average molecular weight is 352 g/mol. The molecular weight excluding hydrogens is 344 g/mol. The molecule has 0 atom stereocenters. The molecule has 122 valence electrons. The third kappa shape index (κ3) is 3.00. The zero-order valence-electron chi connectivity index (χ0n) is 11.8. The Hall–Kier alpha value is -2.74. The molecule has 0 saturated carbocycles. The van der Waals surface area contributed by atoms with E-state index in [9.17, 15) is 22.4 Å². The Bertz CT molecular complexity index is 912. The summed E-state index contributed by atoms with van der Waals surface area (Å²) in [5, 5.41) is 4.01. The number of nitrogens with one attached hydrogen (secondary N) is 1. The first-order valence-electron chi connectivity index (χ1n) is 6.62. The Balaban J connectivity index is 1.85. The summed E-state index contributed by atoms with van der Waals surface area (Å²) in [4.78, 5) is 16.1. The molecule has 8 heteroatoms. The molecule has 2 aromatic carbocycles. The first-order valence-corrected chi connectivity index (χ1v) is 7.50. The van der Waals surface area contributed by atoms with Crippen LogP contribution in [0.4, 0.5) is 22.7 Å². The van der Waals surface area contributed by atoms with Gasteiger partial charge >= 0.3 is 0 Å². The van der Waals surface area contributed by atoms with Crippen LogP contribution < -0.4 is 5.32 Å². The molecule has 3 aromatic rings. The van der Waals surface area contributed by atoms with E-state index < -0.39 is 34.7 Å². The summed E-state index contributed by atoms with van der Waals surface area (Å²) in [7, 11) is 0. The highest BCUT2D eigenvalue weighted by atomic mass is 32.1. The van der Waals surface area contributed by atoms with Crippen molar-refractivity contribution in [2.24, 2.45) is 0 Å². The number of nitrogens with zero attached hydrogens (tertiary/aromatic N) is 1. The number of aromatic nitrogens is 1. The van der Waals surface area contributed by atoms with Gasteiger partial charge in [0.25, 0.3) is 5.91 Å². The third-order valence-corrected chi connectivity index (χ3v) is 3.90. The van der Waals surface area contributed by atoms with Gasteiger partial charge in [-0.05, 0) is 6.07 Å². The first-order chi connectivity index (χ1) is 11.5. The lowest BCUT2D eigenvalue weighted by atomic mass is 10.1. The van der Waals surface area contributed by atoms with Gasteiger partial charge in [0.1, 0.15) is 0 Å². The number of benzene rings is 2. The number of halogens is 4. The van der Waals surface area contributed by atoms with E-state index in [0.717, 1.165) is 16.9 Å². The standard InChI is InChI=1S/C16H8F4N2OS/c17-10-6-9(12(18)14(20)13(10)19)15(23)22-16-21-11(7-24-16)8-4-2-1-3-5-8/h1-7H,(H,21,22,23). The van der Waals surface area contributed by atoms with Gasteiger partial charge in [0.05, 0.1) is 11.3 Å².